The molecule has 2 atom stereocenters. The standard InChI is InChI=1S/C24H27N/c1-19-11-13-20(14-12-19)15-16-24-23-10-6-5-7-21(23)17-18-25(24)22-8-3-2-4-9-22/h2-6,8-14,21,24H,7,15-18H2,1H3. The summed E-state index contributed by atoms with van der Waals surface area (Å²) in [6, 6.07) is 20.5. The molecule has 1 saturated heterocycles. The lowest BCUT2D eigenvalue weighted by Crippen LogP contribution is -2.45. The Hall–Kier alpha value is -2.28. The number of anilines is 1. The minimum Gasteiger partial charge on any atom is -0.365 e. The van der Waals surface area contributed by atoms with Gasteiger partial charge in [0, 0.05) is 12.2 Å². The number of benzene rings is 2. The van der Waals surface area contributed by atoms with Crippen molar-refractivity contribution < 1.29 is 0 Å². The number of fused-ring (bicyclic) bond motifs is 1. The summed E-state index contributed by atoms with van der Waals surface area (Å²) < 4.78 is 0. The third kappa shape index (κ3) is 3.56. The van der Waals surface area contributed by atoms with Crippen molar-refractivity contribution in [3.05, 3.63) is 89.5 Å². The number of rotatable bonds is 4. The van der Waals surface area contributed by atoms with Crippen molar-refractivity contribution in [2.75, 3.05) is 11.4 Å². The predicted octanol–water partition coefficient (Wildman–Crippen LogP) is 5.71. The Bertz CT molecular complexity index is 754. The fourth-order valence-electron chi connectivity index (χ4n) is 4.30. The zero-order valence-corrected chi connectivity index (χ0v) is 15.1. The van der Waals surface area contributed by atoms with Gasteiger partial charge in [-0.15, -0.1) is 0 Å². The first kappa shape index (κ1) is 16.2. The highest BCUT2D eigenvalue weighted by Gasteiger charge is 2.32. The van der Waals surface area contributed by atoms with Crippen molar-refractivity contribution in [3.8, 4) is 0 Å². The van der Waals surface area contributed by atoms with Gasteiger partial charge in [0.1, 0.15) is 0 Å². The second kappa shape index (κ2) is 7.31. The van der Waals surface area contributed by atoms with E-state index < -0.39 is 0 Å². The minimum absolute atomic E-state index is 0.521. The van der Waals surface area contributed by atoms with E-state index in [1.807, 2.05) is 0 Å². The molecule has 2 aromatic carbocycles. The summed E-state index contributed by atoms with van der Waals surface area (Å²) in [4.78, 5) is 2.63. The van der Waals surface area contributed by atoms with E-state index in [0.29, 0.717) is 6.04 Å². The first-order chi connectivity index (χ1) is 12.3. The van der Waals surface area contributed by atoms with Gasteiger partial charge in [-0.3, -0.25) is 0 Å². The molecule has 0 amide bonds. The third-order valence-corrected chi connectivity index (χ3v) is 5.71. The molecule has 128 valence electrons. The molecule has 1 fully saturated rings. The van der Waals surface area contributed by atoms with Crippen LogP contribution in [0.5, 0.6) is 0 Å². The van der Waals surface area contributed by atoms with Crippen LogP contribution in [0.4, 0.5) is 5.69 Å². The van der Waals surface area contributed by atoms with E-state index in [2.05, 4.69) is 84.6 Å². The van der Waals surface area contributed by atoms with Crippen LogP contribution in [0.15, 0.2) is 78.4 Å². The Morgan fingerprint density at radius 2 is 1.80 bits per heavy atom. The van der Waals surface area contributed by atoms with Crippen molar-refractivity contribution >= 4 is 5.69 Å². The van der Waals surface area contributed by atoms with E-state index in [1.54, 1.807) is 5.57 Å². The molecule has 1 aliphatic carbocycles. The van der Waals surface area contributed by atoms with Crippen LogP contribution in [-0.4, -0.2) is 12.6 Å². The number of nitrogens with zero attached hydrogens (tertiary/aromatic N) is 1. The maximum Gasteiger partial charge on any atom is 0.0511 e. The highest BCUT2D eigenvalue weighted by molar-refractivity contribution is 5.51. The molecule has 0 radical (unpaired) electrons. The van der Waals surface area contributed by atoms with Crippen LogP contribution in [0, 0.1) is 12.8 Å². The SMILES string of the molecule is Cc1ccc(CCC2C3=CC=CCC3CCN2c2ccccc2)cc1. The van der Waals surface area contributed by atoms with Gasteiger partial charge in [-0.05, 0) is 61.8 Å². The zero-order chi connectivity index (χ0) is 17.1. The van der Waals surface area contributed by atoms with Crippen molar-refractivity contribution in [2.24, 2.45) is 5.92 Å². The smallest absolute Gasteiger partial charge is 0.0511 e. The number of hydrogen-bond donors (Lipinski definition) is 0. The number of allylic oxidation sites excluding steroid dienone is 3. The van der Waals surface area contributed by atoms with E-state index in [-0.39, 0.29) is 0 Å². The van der Waals surface area contributed by atoms with Crippen LogP contribution in [0.1, 0.15) is 30.4 Å². The molecule has 2 unspecified atom stereocenters. The monoisotopic (exact) mass is 329 g/mol. The molecule has 0 spiro atoms. The molecule has 2 aromatic rings. The van der Waals surface area contributed by atoms with Gasteiger partial charge in [0.15, 0.2) is 0 Å². The number of piperidine rings is 1. The Morgan fingerprint density at radius 3 is 2.60 bits per heavy atom. The molecule has 2 aliphatic rings. The summed E-state index contributed by atoms with van der Waals surface area (Å²) in [5.74, 6) is 0.744. The summed E-state index contributed by atoms with van der Waals surface area (Å²) in [7, 11) is 0. The van der Waals surface area contributed by atoms with Crippen molar-refractivity contribution in [1.82, 2.24) is 0 Å². The average molecular weight is 329 g/mol. The molecule has 0 saturated carbocycles. The van der Waals surface area contributed by atoms with Crippen LogP contribution in [0.25, 0.3) is 0 Å². The van der Waals surface area contributed by atoms with E-state index in [4.69, 9.17) is 0 Å². The molecular weight excluding hydrogens is 302 g/mol. The lowest BCUT2D eigenvalue weighted by Gasteiger charge is -2.44. The maximum absolute atomic E-state index is 2.63. The second-order valence-corrected chi connectivity index (χ2v) is 7.39. The summed E-state index contributed by atoms with van der Waals surface area (Å²) in [6.45, 7) is 3.32. The number of aryl methyl sites for hydroxylation is 2. The molecule has 0 N–H and O–H groups in total. The van der Waals surface area contributed by atoms with Crippen molar-refractivity contribution in [3.63, 3.8) is 0 Å². The highest BCUT2D eigenvalue weighted by Crippen LogP contribution is 2.37. The van der Waals surface area contributed by atoms with Crippen LogP contribution < -0.4 is 4.90 Å². The second-order valence-electron chi connectivity index (χ2n) is 7.39. The third-order valence-electron chi connectivity index (χ3n) is 5.71. The topological polar surface area (TPSA) is 3.24 Å². The molecule has 25 heavy (non-hydrogen) atoms. The average Bonchev–Trinajstić information content (AvgIpc) is 2.68. The number of hydrogen-bond acceptors (Lipinski definition) is 1. The van der Waals surface area contributed by atoms with Crippen LogP contribution in [0.2, 0.25) is 0 Å². The Morgan fingerprint density at radius 1 is 1.00 bits per heavy atom. The van der Waals surface area contributed by atoms with Crippen LogP contribution in [0.3, 0.4) is 0 Å². The zero-order valence-electron chi connectivity index (χ0n) is 15.1. The van der Waals surface area contributed by atoms with Crippen LogP contribution in [-0.2, 0) is 6.42 Å². The van der Waals surface area contributed by atoms with Gasteiger partial charge in [0.05, 0.1) is 6.04 Å². The Kier molecular flexibility index (Phi) is 4.74. The lowest BCUT2D eigenvalue weighted by atomic mass is 9.78. The van der Waals surface area contributed by atoms with Gasteiger partial charge in [-0.25, -0.2) is 0 Å². The molecule has 1 heteroatoms. The fraction of sp³-hybridized carbons (Fsp3) is 0.333. The van der Waals surface area contributed by atoms with Gasteiger partial charge in [0.25, 0.3) is 0 Å². The Balaban J connectivity index is 1.59. The maximum atomic E-state index is 2.63. The van der Waals surface area contributed by atoms with Crippen molar-refractivity contribution in [1.29, 1.82) is 0 Å². The lowest BCUT2D eigenvalue weighted by molar-refractivity contribution is 0.428. The minimum atomic E-state index is 0.521. The quantitative estimate of drug-likeness (QED) is 0.694. The first-order valence-corrected chi connectivity index (χ1v) is 9.55. The molecule has 0 aromatic heterocycles. The molecule has 1 nitrogen and oxygen atoms in total. The van der Waals surface area contributed by atoms with E-state index in [9.17, 15) is 0 Å². The van der Waals surface area contributed by atoms with E-state index >= 15 is 0 Å². The number of para-hydroxylation sites is 1. The van der Waals surface area contributed by atoms with Crippen LogP contribution >= 0.6 is 0 Å². The van der Waals surface area contributed by atoms with E-state index in [1.165, 1.54) is 42.6 Å². The van der Waals surface area contributed by atoms with Gasteiger partial charge in [-0.1, -0.05) is 66.3 Å². The first-order valence-electron chi connectivity index (χ1n) is 9.55. The molecular formula is C24H27N. The molecule has 0 bridgehead atoms. The fourth-order valence-corrected chi connectivity index (χ4v) is 4.30. The summed E-state index contributed by atoms with van der Waals surface area (Å²) in [6.07, 6.45) is 11.8. The normalized spacial score (nSPS) is 22.4. The summed E-state index contributed by atoms with van der Waals surface area (Å²) in [5, 5.41) is 0. The van der Waals surface area contributed by atoms with Crippen molar-refractivity contribution in [2.45, 2.75) is 38.6 Å². The summed E-state index contributed by atoms with van der Waals surface area (Å²) in [5.41, 5.74) is 5.80. The van der Waals surface area contributed by atoms with Gasteiger partial charge in [-0.2, -0.15) is 0 Å². The van der Waals surface area contributed by atoms with Gasteiger partial charge in [0.2, 0.25) is 0 Å². The molecule has 1 aliphatic heterocycles. The largest absolute Gasteiger partial charge is 0.365 e. The van der Waals surface area contributed by atoms with E-state index in [0.717, 1.165) is 12.3 Å². The van der Waals surface area contributed by atoms with Gasteiger partial charge < -0.3 is 4.90 Å². The molecule has 1 heterocycles. The summed E-state index contributed by atoms with van der Waals surface area (Å²) >= 11 is 0. The molecule has 4 rings (SSSR count). The highest BCUT2D eigenvalue weighted by atomic mass is 15.2. The predicted molar refractivity (Wildman–Crippen MR) is 107 cm³/mol. The Labute approximate surface area is 151 Å². The van der Waals surface area contributed by atoms with Gasteiger partial charge >= 0.3 is 0 Å².